The van der Waals surface area contributed by atoms with Gasteiger partial charge < -0.3 is 30.5 Å². The normalized spacial score (nSPS) is 45.8. The Balaban J connectivity index is 1.05. The third-order valence-electron chi connectivity index (χ3n) is 13.8. The zero-order valence-corrected chi connectivity index (χ0v) is 27.5. The molecule has 8 aliphatic rings. The fourth-order valence-corrected chi connectivity index (χ4v) is 11.6. The van der Waals surface area contributed by atoms with Crippen molar-refractivity contribution in [3.8, 4) is 0 Å². The van der Waals surface area contributed by atoms with Gasteiger partial charge >= 0.3 is 0 Å². The summed E-state index contributed by atoms with van der Waals surface area (Å²) >= 11 is 0. The van der Waals surface area contributed by atoms with E-state index in [1.165, 1.54) is 6.42 Å². The highest BCUT2D eigenvalue weighted by Crippen LogP contribution is 2.57. The van der Waals surface area contributed by atoms with Crippen LogP contribution in [0.4, 0.5) is 4.39 Å². The summed E-state index contributed by atoms with van der Waals surface area (Å²) in [5.74, 6) is 0.0384. The molecule has 46 heavy (non-hydrogen) atoms. The smallest absolute Gasteiger partial charge is 0.256 e. The molecule has 254 valence electrons. The maximum atomic E-state index is 16.4. The quantitative estimate of drug-likeness (QED) is 0.338. The number of hydrogen-bond donors (Lipinski definition) is 2. The molecule has 0 radical (unpaired) electrons. The van der Waals surface area contributed by atoms with E-state index in [4.69, 9.17) is 10.5 Å². The number of alkyl halides is 1. The molecule has 5 saturated carbocycles. The second-order valence-corrected chi connectivity index (χ2v) is 16.3. The molecule has 2 saturated heterocycles. The van der Waals surface area contributed by atoms with Crippen LogP contribution < -0.4 is 11.1 Å². The van der Waals surface area contributed by atoms with Crippen LogP contribution >= 0.6 is 0 Å². The summed E-state index contributed by atoms with van der Waals surface area (Å²) in [7, 11) is 2.14. The fourth-order valence-electron chi connectivity index (χ4n) is 11.6. The van der Waals surface area contributed by atoms with Crippen LogP contribution in [0.25, 0.3) is 0 Å². The molecular formula is C36H54FN5O4. The van der Waals surface area contributed by atoms with Gasteiger partial charge in [-0.3, -0.25) is 14.4 Å². The van der Waals surface area contributed by atoms with Crippen molar-refractivity contribution < 1.29 is 23.5 Å². The molecule has 0 aromatic rings. The monoisotopic (exact) mass is 639 g/mol. The van der Waals surface area contributed by atoms with Crippen LogP contribution in [0.5, 0.6) is 0 Å². The van der Waals surface area contributed by atoms with Crippen LogP contribution in [0.2, 0.25) is 0 Å². The van der Waals surface area contributed by atoms with E-state index in [-0.39, 0.29) is 71.6 Å². The van der Waals surface area contributed by atoms with Crippen LogP contribution in [0.15, 0.2) is 11.8 Å². The number of carbonyl (C=O) groups is 3. The van der Waals surface area contributed by atoms with Crippen molar-refractivity contribution in [3.05, 3.63) is 11.8 Å². The Bertz CT molecular complexity index is 1240. The zero-order chi connectivity index (χ0) is 31.7. The Morgan fingerprint density at radius 2 is 1.78 bits per heavy atom. The summed E-state index contributed by atoms with van der Waals surface area (Å²) in [5.41, 5.74) is 6.50. The second-order valence-electron chi connectivity index (χ2n) is 16.3. The van der Waals surface area contributed by atoms with E-state index in [1.54, 1.807) is 0 Å². The summed E-state index contributed by atoms with van der Waals surface area (Å²) in [6, 6.07) is -0.196. The number of Topliss-reactive ketones (excluding diaryl/α,β-unsaturated/α-hetero) is 2. The number of amides is 1. The molecule has 3 aliphatic heterocycles. The minimum Gasteiger partial charge on any atom is -0.370 e. The first-order chi connectivity index (χ1) is 22.3. The van der Waals surface area contributed by atoms with Crippen molar-refractivity contribution in [3.63, 3.8) is 0 Å². The topological polar surface area (TPSA) is 108 Å². The number of fused-ring (bicyclic) bond motifs is 5. The largest absolute Gasteiger partial charge is 0.370 e. The number of likely N-dealkylation sites (N-methyl/N-ethyl adjacent to an activating group) is 1. The molecule has 0 aromatic carbocycles. The standard InChI is InChI=1S/C36H54FN5O4/c1-40-11-13-41(14-12-40)10-4-9-39-36(45)27-19-42-29-17-24-22-5-2-3-6-23(22)33(43)25(24)18-30(29)46-35-31(20-7-8-21(38)15-20)28(37)16-26(32(35)42)34(27)44/h19-26,28-32,35H,2-18,38H2,1H3,(H,39,45)/t20?,21-,22?,23?,24?,25?,26?,28?,29?,30?,31?,32?,35?/m0/s1. The predicted molar refractivity (Wildman–Crippen MR) is 171 cm³/mol. The SMILES string of the molecule is CN1CCN(CCCNC(=O)C2=CN3C4CC5C(CC4OC4C(C6CC[C@H](N)C6)C(F)CC(C2=O)C43)C(=O)C2CCCCC25)CC1. The Morgan fingerprint density at radius 3 is 2.57 bits per heavy atom. The lowest BCUT2D eigenvalue weighted by atomic mass is 9.63. The summed E-state index contributed by atoms with van der Waals surface area (Å²) in [6.45, 7) is 5.60. The first-order valence-corrected chi connectivity index (χ1v) is 18.6. The molecule has 3 heterocycles. The van der Waals surface area contributed by atoms with E-state index < -0.39 is 18.2 Å². The average molecular weight is 640 g/mol. The number of rotatable bonds is 6. The van der Waals surface area contributed by atoms with E-state index in [9.17, 15) is 14.4 Å². The van der Waals surface area contributed by atoms with E-state index in [2.05, 4.69) is 27.1 Å². The number of nitrogens with two attached hydrogens (primary N) is 1. The van der Waals surface area contributed by atoms with Gasteiger partial charge in [-0.05, 0) is 89.1 Å². The molecule has 13 atom stereocenters. The second kappa shape index (κ2) is 12.5. The molecule has 3 N–H and O–H groups in total. The number of nitrogens with one attached hydrogen (secondary N) is 1. The van der Waals surface area contributed by atoms with Crippen molar-refractivity contribution >= 4 is 17.5 Å². The Labute approximate surface area is 273 Å². The van der Waals surface area contributed by atoms with Crippen LogP contribution in [-0.2, 0) is 19.1 Å². The van der Waals surface area contributed by atoms with Gasteiger partial charge in [0.2, 0.25) is 0 Å². The minimum absolute atomic E-state index is 0.00532. The lowest BCUT2D eigenvalue weighted by Gasteiger charge is -2.61. The highest BCUT2D eigenvalue weighted by atomic mass is 19.1. The molecule has 9 nitrogen and oxygen atoms in total. The van der Waals surface area contributed by atoms with Gasteiger partial charge in [-0.25, -0.2) is 4.39 Å². The zero-order valence-electron chi connectivity index (χ0n) is 27.5. The maximum absolute atomic E-state index is 16.4. The van der Waals surface area contributed by atoms with E-state index in [1.807, 2.05) is 6.20 Å². The van der Waals surface area contributed by atoms with E-state index in [0.29, 0.717) is 30.6 Å². The highest BCUT2D eigenvalue weighted by molar-refractivity contribution is 6.20. The molecule has 5 aliphatic carbocycles. The number of morpholine rings is 1. The summed E-state index contributed by atoms with van der Waals surface area (Å²) in [4.78, 5) is 48.5. The molecule has 0 spiro atoms. The fraction of sp³-hybridized carbons (Fsp3) is 0.861. The molecule has 0 bridgehead atoms. The van der Waals surface area contributed by atoms with Crippen LogP contribution in [-0.4, -0.2) is 115 Å². The van der Waals surface area contributed by atoms with Gasteiger partial charge in [0.25, 0.3) is 5.91 Å². The van der Waals surface area contributed by atoms with E-state index >= 15 is 4.39 Å². The van der Waals surface area contributed by atoms with Gasteiger partial charge in [0.15, 0.2) is 5.78 Å². The molecular weight excluding hydrogens is 585 g/mol. The first-order valence-electron chi connectivity index (χ1n) is 18.6. The average Bonchev–Trinajstić information content (AvgIpc) is 3.60. The van der Waals surface area contributed by atoms with Gasteiger partial charge in [0.05, 0.1) is 29.9 Å². The Kier molecular flexibility index (Phi) is 8.55. The molecule has 10 heteroatoms. The minimum atomic E-state index is -1.18. The predicted octanol–water partition coefficient (Wildman–Crippen LogP) is 2.53. The highest BCUT2D eigenvalue weighted by Gasteiger charge is 2.63. The van der Waals surface area contributed by atoms with Crippen molar-refractivity contribution in [2.24, 2.45) is 47.2 Å². The Morgan fingerprint density at radius 1 is 0.978 bits per heavy atom. The van der Waals surface area contributed by atoms with Crippen molar-refractivity contribution in [1.29, 1.82) is 0 Å². The molecule has 8 rings (SSSR count). The van der Waals surface area contributed by atoms with Crippen LogP contribution in [0.3, 0.4) is 0 Å². The number of ether oxygens (including phenoxy) is 1. The molecule has 7 fully saturated rings. The van der Waals surface area contributed by atoms with E-state index in [0.717, 1.165) is 84.1 Å². The number of hydrogen-bond acceptors (Lipinski definition) is 8. The molecule has 0 aromatic heterocycles. The molecule has 12 unspecified atom stereocenters. The van der Waals surface area contributed by atoms with Crippen molar-refractivity contribution in [2.75, 3.05) is 46.3 Å². The van der Waals surface area contributed by atoms with Gasteiger partial charge in [0, 0.05) is 68.6 Å². The van der Waals surface area contributed by atoms with Gasteiger partial charge in [-0.1, -0.05) is 12.8 Å². The van der Waals surface area contributed by atoms with Crippen molar-refractivity contribution in [2.45, 2.75) is 107 Å². The lowest BCUT2D eigenvalue weighted by molar-refractivity contribution is -0.222. The third kappa shape index (κ3) is 5.37. The summed E-state index contributed by atoms with van der Waals surface area (Å²) in [6.07, 6.45) is 9.52. The maximum Gasteiger partial charge on any atom is 0.256 e. The van der Waals surface area contributed by atoms with Crippen molar-refractivity contribution in [1.82, 2.24) is 20.0 Å². The third-order valence-corrected chi connectivity index (χ3v) is 13.8. The number of nitrogens with zero attached hydrogens (tertiary/aromatic N) is 3. The van der Waals surface area contributed by atoms with Crippen LogP contribution in [0.1, 0.15) is 70.6 Å². The Hall–Kier alpha value is -1.88. The number of ketones is 2. The first kappa shape index (κ1) is 31.4. The van der Waals surface area contributed by atoms with Gasteiger partial charge in [-0.15, -0.1) is 0 Å². The van der Waals surface area contributed by atoms with Crippen LogP contribution in [0, 0.1) is 41.4 Å². The summed E-state index contributed by atoms with van der Waals surface area (Å²) < 4.78 is 23.4. The molecule has 1 amide bonds. The van der Waals surface area contributed by atoms with Gasteiger partial charge in [0.1, 0.15) is 12.0 Å². The number of carbonyl (C=O) groups excluding carboxylic acids is 3. The number of halogens is 1. The summed E-state index contributed by atoms with van der Waals surface area (Å²) in [5, 5.41) is 3.05. The van der Waals surface area contributed by atoms with Gasteiger partial charge in [-0.2, -0.15) is 0 Å². The number of piperazine rings is 1. The lowest BCUT2D eigenvalue weighted by Crippen LogP contribution is -2.71.